The Morgan fingerprint density at radius 2 is 1.39 bits per heavy atom. The number of allylic oxidation sites excluding steroid dienone is 2. The molecule has 3 aromatic carbocycles. The molecule has 3 aromatic rings. The van der Waals surface area contributed by atoms with E-state index in [1.807, 2.05) is 38.2 Å². The molecule has 0 N–H and O–H groups in total. The average molecular weight is 424 g/mol. The predicted octanol–water partition coefficient (Wildman–Crippen LogP) is 7.65. The van der Waals surface area contributed by atoms with Crippen LogP contribution < -0.4 is 9.47 Å². The van der Waals surface area contributed by atoms with Crippen molar-refractivity contribution in [2.24, 2.45) is 0 Å². The minimum atomic E-state index is -1.25. The zero-order valence-corrected chi connectivity index (χ0v) is 17.4. The van der Waals surface area contributed by atoms with Crippen LogP contribution in [-0.4, -0.2) is 13.2 Å². The molecular formula is C26H23F3O2. The molecule has 5 heteroatoms. The highest BCUT2D eigenvalue weighted by Crippen LogP contribution is 2.34. The Morgan fingerprint density at radius 3 is 2.03 bits per heavy atom. The van der Waals surface area contributed by atoms with Crippen molar-refractivity contribution in [1.82, 2.24) is 0 Å². The summed E-state index contributed by atoms with van der Waals surface area (Å²) in [5.41, 5.74) is -0.427. The quantitative estimate of drug-likeness (QED) is 0.273. The Labute approximate surface area is 179 Å². The van der Waals surface area contributed by atoms with Gasteiger partial charge in [0, 0.05) is 16.5 Å². The number of fused-ring (bicyclic) bond motifs is 1. The van der Waals surface area contributed by atoms with E-state index >= 15 is 0 Å². The van der Waals surface area contributed by atoms with Gasteiger partial charge in [0.1, 0.15) is 30.5 Å². The molecule has 2 nitrogen and oxygen atoms in total. The highest BCUT2D eigenvalue weighted by atomic mass is 19.2. The van der Waals surface area contributed by atoms with Gasteiger partial charge in [0.2, 0.25) is 0 Å². The Hall–Kier alpha value is -3.47. The number of hydrogen-bond acceptors (Lipinski definition) is 2. The molecule has 0 heterocycles. The third-order valence-electron chi connectivity index (χ3n) is 4.63. The van der Waals surface area contributed by atoms with Gasteiger partial charge in [-0.25, -0.2) is 13.2 Å². The van der Waals surface area contributed by atoms with Gasteiger partial charge >= 0.3 is 0 Å². The maximum absolute atomic E-state index is 15.0. The summed E-state index contributed by atoms with van der Waals surface area (Å²) in [6, 6.07) is 13.4. The van der Waals surface area contributed by atoms with E-state index in [-0.39, 0.29) is 10.9 Å². The Morgan fingerprint density at radius 1 is 0.774 bits per heavy atom. The number of halogens is 3. The molecule has 160 valence electrons. The van der Waals surface area contributed by atoms with Crippen LogP contribution in [0.3, 0.4) is 0 Å². The fourth-order valence-corrected chi connectivity index (χ4v) is 2.95. The summed E-state index contributed by atoms with van der Waals surface area (Å²) in [6.07, 6.45) is 7.38. The second-order valence-electron chi connectivity index (χ2n) is 6.72. The largest absolute Gasteiger partial charge is 0.490 e. The van der Waals surface area contributed by atoms with Crippen LogP contribution >= 0.6 is 0 Å². The van der Waals surface area contributed by atoms with Crippen molar-refractivity contribution in [3.63, 3.8) is 0 Å². The van der Waals surface area contributed by atoms with Gasteiger partial charge in [-0.15, -0.1) is 0 Å². The lowest BCUT2D eigenvalue weighted by atomic mass is 10.0. The van der Waals surface area contributed by atoms with Crippen LogP contribution in [0.15, 0.2) is 78.9 Å². The topological polar surface area (TPSA) is 18.5 Å². The minimum absolute atomic E-state index is 0.00288. The monoisotopic (exact) mass is 424 g/mol. The third-order valence-corrected chi connectivity index (χ3v) is 4.63. The van der Waals surface area contributed by atoms with Gasteiger partial charge in [-0.2, -0.15) is 0 Å². The second-order valence-corrected chi connectivity index (χ2v) is 6.72. The van der Waals surface area contributed by atoms with Gasteiger partial charge in [-0.05, 0) is 67.8 Å². The van der Waals surface area contributed by atoms with Gasteiger partial charge < -0.3 is 9.47 Å². The van der Waals surface area contributed by atoms with Gasteiger partial charge in [0.15, 0.2) is 11.7 Å². The standard InChI is InChI=1S/C26H23F3O2/c1-3-5-15-30-20-10-7-18(8-11-20)24(27)26(29)23-13-9-19-17-21(31-16-6-4-2)12-14-22(19)25(23)28/h3-14,17H,15-16H2,1-2H3. The van der Waals surface area contributed by atoms with Crippen LogP contribution in [0.1, 0.15) is 25.0 Å². The molecule has 0 atom stereocenters. The van der Waals surface area contributed by atoms with Crippen LogP contribution in [0.2, 0.25) is 0 Å². The zero-order chi connectivity index (χ0) is 22.2. The molecule has 0 aliphatic carbocycles. The first kappa shape index (κ1) is 22.2. The molecule has 0 aromatic heterocycles. The molecule has 0 aliphatic heterocycles. The van der Waals surface area contributed by atoms with Gasteiger partial charge in [0.25, 0.3) is 0 Å². The number of rotatable bonds is 8. The van der Waals surface area contributed by atoms with E-state index in [0.29, 0.717) is 30.1 Å². The molecule has 0 saturated heterocycles. The third kappa shape index (κ3) is 5.37. The van der Waals surface area contributed by atoms with Crippen LogP contribution in [0.5, 0.6) is 11.5 Å². The lowest BCUT2D eigenvalue weighted by molar-refractivity contribution is 0.362. The van der Waals surface area contributed by atoms with Crippen molar-refractivity contribution in [2.75, 3.05) is 13.2 Å². The Kier molecular flexibility index (Phi) is 7.55. The molecule has 0 saturated carbocycles. The maximum Gasteiger partial charge on any atom is 0.169 e. The molecular weight excluding hydrogens is 401 g/mol. The van der Waals surface area contributed by atoms with E-state index in [1.165, 1.54) is 36.4 Å². The molecule has 0 spiro atoms. The van der Waals surface area contributed by atoms with Crippen LogP contribution in [0, 0.1) is 5.82 Å². The summed E-state index contributed by atoms with van der Waals surface area (Å²) >= 11 is 0. The smallest absolute Gasteiger partial charge is 0.169 e. The molecule has 0 amide bonds. The summed E-state index contributed by atoms with van der Waals surface area (Å²) in [7, 11) is 0. The van der Waals surface area contributed by atoms with E-state index in [2.05, 4.69) is 0 Å². The van der Waals surface area contributed by atoms with E-state index in [9.17, 15) is 13.2 Å². The van der Waals surface area contributed by atoms with Crippen LogP contribution in [0.25, 0.3) is 22.4 Å². The summed E-state index contributed by atoms with van der Waals surface area (Å²) in [6.45, 7) is 4.53. The molecule has 0 fully saturated rings. The minimum Gasteiger partial charge on any atom is -0.490 e. The van der Waals surface area contributed by atoms with Gasteiger partial charge in [-0.3, -0.25) is 0 Å². The van der Waals surface area contributed by atoms with E-state index in [0.717, 1.165) is 0 Å². The Bertz CT molecular complexity index is 1130. The molecule has 0 radical (unpaired) electrons. The maximum atomic E-state index is 15.0. The van der Waals surface area contributed by atoms with Crippen molar-refractivity contribution >= 4 is 22.4 Å². The van der Waals surface area contributed by atoms with E-state index in [1.54, 1.807) is 18.2 Å². The fraction of sp³-hybridized carbons (Fsp3) is 0.154. The molecule has 31 heavy (non-hydrogen) atoms. The Balaban J connectivity index is 1.87. The number of ether oxygens (including phenoxy) is 2. The highest BCUT2D eigenvalue weighted by Gasteiger charge is 2.17. The fourth-order valence-electron chi connectivity index (χ4n) is 2.95. The van der Waals surface area contributed by atoms with Crippen LogP contribution in [-0.2, 0) is 0 Å². The van der Waals surface area contributed by atoms with Crippen molar-refractivity contribution in [1.29, 1.82) is 0 Å². The molecule has 0 aliphatic rings. The molecule has 3 rings (SSSR count). The van der Waals surface area contributed by atoms with E-state index < -0.39 is 23.0 Å². The van der Waals surface area contributed by atoms with Crippen molar-refractivity contribution in [3.05, 3.63) is 95.8 Å². The van der Waals surface area contributed by atoms with Gasteiger partial charge in [-0.1, -0.05) is 30.4 Å². The first-order chi connectivity index (χ1) is 15.0. The SMILES string of the molecule is CC=CCOc1ccc(C(F)=C(F)c2ccc3cc(OCC=CC)ccc3c2F)cc1. The average Bonchev–Trinajstić information content (AvgIpc) is 2.79. The van der Waals surface area contributed by atoms with Crippen molar-refractivity contribution < 1.29 is 22.6 Å². The first-order valence-electron chi connectivity index (χ1n) is 9.91. The number of benzene rings is 3. The van der Waals surface area contributed by atoms with Crippen molar-refractivity contribution in [2.45, 2.75) is 13.8 Å². The number of hydrogen-bond donors (Lipinski definition) is 0. The highest BCUT2D eigenvalue weighted by molar-refractivity contribution is 5.91. The summed E-state index contributed by atoms with van der Waals surface area (Å²) in [5.74, 6) is -2.12. The normalized spacial score (nSPS) is 12.5. The van der Waals surface area contributed by atoms with Gasteiger partial charge in [0.05, 0.1) is 0 Å². The molecule has 0 unspecified atom stereocenters. The molecule has 0 bridgehead atoms. The predicted molar refractivity (Wildman–Crippen MR) is 120 cm³/mol. The van der Waals surface area contributed by atoms with E-state index in [4.69, 9.17) is 9.47 Å². The summed E-state index contributed by atoms with van der Waals surface area (Å²) in [5, 5.41) is 0.724. The summed E-state index contributed by atoms with van der Waals surface area (Å²) < 4.78 is 55.5. The first-order valence-corrected chi connectivity index (χ1v) is 9.91. The second kappa shape index (κ2) is 10.5. The zero-order valence-electron chi connectivity index (χ0n) is 17.4. The summed E-state index contributed by atoms with van der Waals surface area (Å²) in [4.78, 5) is 0. The van der Waals surface area contributed by atoms with Crippen molar-refractivity contribution in [3.8, 4) is 11.5 Å². The lowest BCUT2D eigenvalue weighted by Crippen LogP contribution is -1.95. The van der Waals surface area contributed by atoms with Crippen LogP contribution in [0.4, 0.5) is 13.2 Å². The lowest BCUT2D eigenvalue weighted by Gasteiger charge is -2.09.